The Kier molecular flexibility index (Phi) is 3.40. The smallest absolute Gasteiger partial charge is 0.0965 e. The summed E-state index contributed by atoms with van der Waals surface area (Å²) in [6.07, 6.45) is 0. The Hall–Kier alpha value is -1.17. The first-order valence-electron chi connectivity index (χ1n) is 3.88. The van der Waals surface area contributed by atoms with Crippen LogP contribution in [0.1, 0.15) is 12.5 Å². The predicted molar refractivity (Wildman–Crippen MR) is 58.9 cm³/mol. The monoisotopic (exact) mass is 226 g/mol. The minimum Gasteiger partial charge on any atom is -0.397 e. The highest BCUT2D eigenvalue weighted by atomic mass is 35.5. The number of halogens is 2. The average Bonchev–Trinajstić information content (AvgIpc) is 2.15. The molecule has 2 N–H and O–H groups in total. The lowest BCUT2D eigenvalue weighted by molar-refractivity contribution is 1.39. The second-order valence-electron chi connectivity index (χ2n) is 2.77. The van der Waals surface area contributed by atoms with Crippen molar-refractivity contribution in [2.24, 2.45) is 5.73 Å². The van der Waals surface area contributed by atoms with Gasteiger partial charge in [0.05, 0.1) is 16.8 Å². The first kappa shape index (κ1) is 10.9. The molecular weight excluding hydrogens is 219 g/mol. The van der Waals surface area contributed by atoms with Crippen molar-refractivity contribution in [2.45, 2.75) is 6.92 Å². The van der Waals surface area contributed by atoms with Gasteiger partial charge in [-0.15, -0.1) is 0 Å². The number of nitriles is 1. The molecule has 4 heteroatoms. The van der Waals surface area contributed by atoms with Crippen LogP contribution in [0.4, 0.5) is 0 Å². The number of hydrogen-bond donors (Lipinski definition) is 1. The van der Waals surface area contributed by atoms with E-state index < -0.39 is 0 Å². The lowest BCUT2D eigenvalue weighted by Gasteiger charge is -2.05. The van der Waals surface area contributed by atoms with Crippen LogP contribution in [0.25, 0.3) is 5.70 Å². The van der Waals surface area contributed by atoms with Crippen molar-refractivity contribution >= 4 is 28.9 Å². The zero-order valence-electron chi connectivity index (χ0n) is 7.51. The number of benzene rings is 1. The van der Waals surface area contributed by atoms with E-state index in [1.807, 2.05) is 6.07 Å². The highest BCUT2D eigenvalue weighted by molar-refractivity contribution is 6.35. The highest BCUT2D eigenvalue weighted by Crippen LogP contribution is 2.25. The summed E-state index contributed by atoms with van der Waals surface area (Å²) in [5.74, 6) is 0. The molecule has 0 aliphatic rings. The molecule has 14 heavy (non-hydrogen) atoms. The Labute approximate surface area is 92.5 Å². The maximum Gasteiger partial charge on any atom is 0.0965 e. The molecule has 0 saturated carbocycles. The van der Waals surface area contributed by atoms with E-state index in [-0.39, 0.29) is 0 Å². The number of nitrogens with zero attached hydrogens (tertiary/aromatic N) is 1. The van der Waals surface area contributed by atoms with E-state index in [2.05, 4.69) is 0 Å². The van der Waals surface area contributed by atoms with E-state index in [1.165, 1.54) is 0 Å². The quantitative estimate of drug-likeness (QED) is 0.749. The van der Waals surface area contributed by atoms with Crippen molar-refractivity contribution in [3.8, 4) is 6.07 Å². The zero-order chi connectivity index (χ0) is 10.7. The molecule has 0 heterocycles. The molecule has 1 rings (SSSR count). The lowest BCUT2D eigenvalue weighted by atomic mass is 10.1. The fraction of sp³-hybridized carbons (Fsp3) is 0.100. The molecule has 0 aliphatic heterocycles. The Bertz CT molecular complexity index is 430. The first-order valence-corrected chi connectivity index (χ1v) is 4.63. The molecule has 0 aromatic heterocycles. The molecule has 0 aliphatic carbocycles. The summed E-state index contributed by atoms with van der Waals surface area (Å²) in [5.41, 5.74) is 7.19. The summed E-state index contributed by atoms with van der Waals surface area (Å²) in [6, 6.07) is 6.94. The maximum atomic E-state index is 8.65. The molecule has 0 amide bonds. The number of nitrogens with two attached hydrogens (primary N) is 1. The summed E-state index contributed by atoms with van der Waals surface area (Å²) < 4.78 is 0. The van der Waals surface area contributed by atoms with Crippen LogP contribution in [0.2, 0.25) is 10.0 Å². The van der Waals surface area contributed by atoms with E-state index in [1.54, 1.807) is 25.1 Å². The molecule has 0 saturated heterocycles. The van der Waals surface area contributed by atoms with Gasteiger partial charge in [-0.1, -0.05) is 23.2 Å². The average molecular weight is 227 g/mol. The highest BCUT2D eigenvalue weighted by Gasteiger charge is 2.06. The fourth-order valence-electron chi connectivity index (χ4n) is 0.970. The van der Waals surface area contributed by atoms with E-state index in [0.717, 1.165) is 0 Å². The van der Waals surface area contributed by atoms with E-state index in [9.17, 15) is 0 Å². The maximum absolute atomic E-state index is 8.65. The van der Waals surface area contributed by atoms with Gasteiger partial charge >= 0.3 is 0 Å². The van der Waals surface area contributed by atoms with Gasteiger partial charge in [0, 0.05) is 16.2 Å². The van der Waals surface area contributed by atoms with E-state index in [0.29, 0.717) is 26.9 Å². The minimum atomic E-state index is 0.383. The van der Waals surface area contributed by atoms with Crippen molar-refractivity contribution < 1.29 is 0 Å². The largest absolute Gasteiger partial charge is 0.397 e. The molecule has 0 bridgehead atoms. The Balaban J connectivity index is 3.29. The van der Waals surface area contributed by atoms with Crippen LogP contribution >= 0.6 is 23.2 Å². The van der Waals surface area contributed by atoms with Crippen molar-refractivity contribution in [1.82, 2.24) is 0 Å². The third-order valence-electron chi connectivity index (χ3n) is 1.79. The normalized spacial score (nSPS) is 11.9. The van der Waals surface area contributed by atoms with Gasteiger partial charge in [-0.05, 0) is 25.1 Å². The predicted octanol–water partition coefficient (Wildman–Crippen LogP) is 3.21. The van der Waals surface area contributed by atoms with Gasteiger partial charge in [0.2, 0.25) is 0 Å². The van der Waals surface area contributed by atoms with Crippen molar-refractivity contribution in [1.29, 1.82) is 5.26 Å². The zero-order valence-corrected chi connectivity index (χ0v) is 9.02. The lowest BCUT2D eigenvalue weighted by Crippen LogP contribution is -1.99. The van der Waals surface area contributed by atoms with Crippen LogP contribution in [0.3, 0.4) is 0 Å². The van der Waals surface area contributed by atoms with Crippen molar-refractivity contribution in [3.63, 3.8) is 0 Å². The molecule has 72 valence electrons. The van der Waals surface area contributed by atoms with Crippen LogP contribution < -0.4 is 5.73 Å². The van der Waals surface area contributed by atoms with Gasteiger partial charge in [0.1, 0.15) is 0 Å². The van der Waals surface area contributed by atoms with Crippen molar-refractivity contribution in [3.05, 3.63) is 39.4 Å². The summed E-state index contributed by atoms with van der Waals surface area (Å²) in [6.45, 7) is 1.64. The third-order valence-corrected chi connectivity index (χ3v) is 2.34. The summed E-state index contributed by atoms with van der Waals surface area (Å²) in [4.78, 5) is 0. The molecule has 0 radical (unpaired) electrons. The standard InChI is InChI=1S/C10H8Cl2N2/c1-6(5-13)10(14)8-3-2-7(11)4-9(8)12/h2-4H,14H2,1H3/b10-6-. The van der Waals surface area contributed by atoms with Gasteiger partial charge in [-0.25, -0.2) is 0 Å². The SMILES string of the molecule is C/C(C#N)=C(/N)c1ccc(Cl)cc1Cl. The Morgan fingerprint density at radius 2 is 2.07 bits per heavy atom. The summed E-state index contributed by atoms with van der Waals surface area (Å²) >= 11 is 11.6. The van der Waals surface area contributed by atoms with E-state index in [4.69, 9.17) is 34.2 Å². The van der Waals surface area contributed by atoms with Crippen LogP contribution in [-0.4, -0.2) is 0 Å². The topological polar surface area (TPSA) is 49.8 Å². The van der Waals surface area contributed by atoms with Gasteiger partial charge in [0.25, 0.3) is 0 Å². The third kappa shape index (κ3) is 2.20. The fourth-order valence-corrected chi connectivity index (χ4v) is 1.48. The van der Waals surface area contributed by atoms with Crippen LogP contribution in [0.15, 0.2) is 23.8 Å². The summed E-state index contributed by atoms with van der Waals surface area (Å²) in [7, 11) is 0. The van der Waals surface area contributed by atoms with Crippen molar-refractivity contribution in [2.75, 3.05) is 0 Å². The second-order valence-corrected chi connectivity index (χ2v) is 3.62. The molecular formula is C10H8Cl2N2. The molecule has 1 aromatic carbocycles. The second kappa shape index (κ2) is 4.36. The van der Waals surface area contributed by atoms with Crippen LogP contribution in [0.5, 0.6) is 0 Å². The van der Waals surface area contributed by atoms with Gasteiger partial charge < -0.3 is 5.73 Å². The molecule has 0 atom stereocenters. The molecule has 2 nitrogen and oxygen atoms in total. The molecule has 0 unspecified atom stereocenters. The number of hydrogen-bond acceptors (Lipinski definition) is 2. The first-order chi connectivity index (χ1) is 6.56. The minimum absolute atomic E-state index is 0.383. The van der Waals surface area contributed by atoms with Gasteiger partial charge in [0.15, 0.2) is 0 Å². The molecule has 0 fully saturated rings. The number of rotatable bonds is 1. The Morgan fingerprint density at radius 3 is 2.57 bits per heavy atom. The molecule has 0 spiro atoms. The van der Waals surface area contributed by atoms with Gasteiger partial charge in [-0.2, -0.15) is 5.26 Å². The molecule has 1 aromatic rings. The van der Waals surface area contributed by atoms with Gasteiger partial charge in [-0.3, -0.25) is 0 Å². The summed E-state index contributed by atoms with van der Waals surface area (Å²) in [5, 5.41) is 9.65. The van der Waals surface area contributed by atoms with Crippen LogP contribution in [0, 0.1) is 11.3 Å². The number of allylic oxidation sites excluding steroid dienone is 1. The Morgan fingerprint density at radius 1 is 1.43 bits per heavy atom. The van der Waals surface area contributed by atoms with Crippen LogP contribution in [-0.2, 0) is 0 Å². The van der Waals surface area contributed by atoms with E-state index >= 15 is 0 Å².